The summed E-state index contributed by atoms with van der Waals surface area (Å²) in [4.78, 5) is 25.3. The van der Waals surface area contributed by atoms with Crippen molar-refractivity contribution in [2.45, 2.75) is 44.6 Å². The van der Waals surface area contributed by atoms with Crippen molar-refractivity contribution < 1.29 is 23.5 Å². The first-order valence-corrected chi connectivity index (χ1v) is 6.70. The minimum absolute atomic E-state index is 0.371. The molecule has 0 aromatic rings. The van der Waals surface area contributed by atoms with Crippen LogP contribution in [0, 0.1) is 5.92 Å². The van der Waals surface area contributed by atoms with Crippen molar-refractivity contribution in [3.8, 4) is 0 Å². The number of carbonyl (C=O) groups is 2. The number of esters is 1. The molecular formula is C13H21FN2O4. The molecule has 2 aliphatic rings. The molecule has 2 rings (SSSR count). The maximum atomic E-state index is 14.4. The second-order valence-corrected chi connectivity index (χ2v) is 6.19. The molecule has 0 radical (unpaired) electrons. The van der Waals surface area contributed by atoms with Gasteiger partial charge in [0, 0.05) is 19.0 Å². The summed E-state index contributed by atoms with van der Waals surface area (Å²) >= 11 is 0. The Morgan fingerprint density at radius 1 is 1.30 bits per heavy atom. The lowest BCUT2D eigenvalue weighted by atomic mass is 10.0. The number of nitrogens with one attached hydrogen (secondary N) is 1. The highest BCUT2D eigenvalue weighted by molar-refractivity contribution is 5.83. The van der Waals surface area contributed by atoms with E-state index in [1.165, 1.54) is 12.0 Å². The fourth-order valence-corrected chi connectivity index (χ4v) is 2.84. The lowest BCUT2D eigenvalue weighted by molar-refractivity contribution is -0.147. The van der Waals surface area contributed by atoms with Gasteiger partial charge in [-0.25, -0.2) is 14.0 Å². The summed E-state index contributed by atoms with van der Waals surface area (Å²) in [7, 11) is 1.19. The zero-order valence-corrected chi connectivity index (χ0v) is 12.2. The van der Waals surface area contributed by atoms with Gasteiger partial charge < -0.3 is 14.8 Å². The fraction of sp³-hybridized carbons (Fsp3) is 0.846. The number of fused-ring (bicyclic) bond motifs is 1. The van der Waals surface area contributed by atoms with Gasteiger partial charge in [-0.05, 0) is 20.8 Å². The van der Waals surface area contributed by atoms with Crippen LogP contribution in [0.1, 0.15) is 20.8 Å². The van der Waals surface area contributed by atoms with E-state index in [9.17, 15) is 14.0 Å². The van der Waals surface area contributed by atoms with Crippen molar-refractivity contribution in [2.24, 2.45) is 5.92 Å². The van der Waals surface area contributed by atoms with Gasteiger partial charge >= 0.3 is 12.1 Å². The highest BCUT2D eigenvalue weighted by Crippen LogP contribution is 2.36. The molecule has 0 aromatic carbocycles. The van der Waals surface area contributed by atoms with Crippen LogP contribution in [0.2, 0.25) is 0 Å². The maximum Gasteiger partial charge on any atom is 0.411 e. The number of rotatable bonds is 1. The van der Waals surface area contributed by atoms with Crippen LogP contribution in [0.25, 0.3) is 0 Å². The van der Waals surface area contributed by atoms with Gasteiger partial charge in [-0.15, -0.1) is 0 Å². The van der Waals surface area contributed by atoms with Crippen molar-refractivity contribution in [1.82, 2.24) is 10.2 Å². The summed E-state index contributed by atoms with van der Waals surface area (Å²) in [6.45, 7) is 6.08. The second-order valence-electron chi connectivity index (χ2n) is 6.19. The van der Waals surface area contributed by atoms with Crippen LogP contribution in [-0.2, 0) is 14.3 Å². The molecule has 0 aromatic heterocycles. The van der Waals surface area contributed by atoms with Gasteiger partial charge in [0.15, 0.2) is 6.04 Å². The van der Waals surface area contributed by atoms with Gasteiger partial charge in [-0.2, -0.15) is 0 Å². The Kier molecular flexibility index (Phi) is 3.90. The zero-order chi connectivity index (χ0) is 15.1. The van der Waals surface area contributed by atoms with Gasteiger partial charge in [0.2, 0.25) is 0 Å². The van der Waals surface area contributed by atoms with Crippen molar-refractivity contribution >= 4 is 12.1 Å². The summed E-state index contributed by atoms with van der Waals surface area (Å²) in [6.07, 6.45) is -2.11. The highest BCUT2D eigenvalue weighted by Gasteiger charge is 2.57. The molecule has 0 spiro atoms. The topological polar surface area (TPSA) is 67.9 Å². The summed E-state index contributed by atoms with van der Waals surface area (Å²) < 4.78 is 24.4. The number of alkyl halides is 1. The van der Waals surface area contributed by atoms with Crippen LogP contribution in [0.4, 0.5) is 9.18 Å². The molecule has 2 fully saturated rings. The monoisotopic (exact) mass is 288 g/mol. The molecule has 0 bridgehead atoms. The SMILES string of the molecule is COC(=O)C1C(F)C2CNCC2N1C(=O)OC(C)(C)C. The predicted molar refractivity (Wildman–Crippen MR) is 68.9 cm³/mol. The largest absolute Gasteiger partial charge is 0.467 e. The number of hydrogen-bond donors (Lipinski definition) is 1. The molecule has 2 aliphatic heterocycles. The van der Waals surface area contributed by atoms with E-state index >= 15 is 0 Å². The minimum Gasteiger partial charge on any atom is -0.467 e. The van der Waals surface area contributed by atoms with E-state index < -0.39 is 35.8 Å². The Balaban J connectivity index is 2.25. The average molecular weight is 288 g/mol. The number of halogens is 1. The number of nitrogens with zero attached hydrogens (tertiary/aromatic N) is 1. The van der Waals surface area contributed by atoms with Gasteiger partial charge in [-0.1, -0.05) is 0 Å². The Hall–Kier alpha value is -1.37. The third kappa shape index (κ3) is 2.59. The number of methoxy groups -OCH3 is 1. The van der Waals surface area contributed by atoms with Crippen LogP contribution in [0.3, 0.4) is 0 Å². The van der Waals surface area contributed by atoms with E-state index in [0.717, 1.165) is 0 Å². The maximum absolute atomic E-state index is 14.4. The molecular weight excluding hydrogens is 267 g/mol. The van der Waals surface area contributed by atoms with E-state index in [-0.39, 0.29) is 6.04 Å². The Labute approximate surface area is 117 Å². The first-order valence-electron chi connectivity index (χ1n) is 6.70. The number of hydrogen-bond acceptors (Lipinski definition) is 5. The van der Waals surface area contributed by atoms with Crippen LogP contribution in [0.5, 0.6) is 0 Å². The van der Waals surface area contributed by atoms with E-state index in [1.54, 1.807) is 20.8 Å². The molecule has 7 heteroatoms. The standard InChI is InChI=1S/C13H21FN2O4/c1-13(2,3)20-12(18)16-8-6-15-5-7(8)9(14)10(16)11(17)19-4/h7-10,15H,5-6H2,1-4H3. The van der Waals surface area contributed by atoms with Crippen LogP contribution >= 0.6 is 0 Å². The Bertz CT molecular complexity index is 410. The normalized spacial score (nSPS) is 33.0. The Morgan fingerprint density at radius 2 is 1.95 bits per heavy atom. The minimum atomic E-state index is -1.44. The van der Waals surface area contributed by atoms with Crippen LogP contribution in [-0.4, -0.2) is 61.0 Å². The lowest BCUT2D eigenvalue weighted by Crippen LogP contribution is -2.50. The second kappa shape index (κ2) is 5.20. The molecule has 2 saturated heterocycles. The molecule has 2 heterocycles. The number of likely N-dealkylation sites (tertiary alicyclic amines) is 1. The third-order valence-electron chi connectivity index (χ3n) is 3.64. The molecule has 0 aliphatic carbocycles. The zero-order valence-electron chi connectivity index (χ0n) is 12.2. The molecule has 4 unspecified atom stereocenters. The molecule has 6 nitrogen and oxygen atoms in total. The van der Waals surface area contributed by atoms with Gasteiger partial charge in [0.25, 0.3) is 0 Å². The lowest BCUT2D eigenvalue weighted by Gasteiger charge is -2.30. The summed E-state index contributed by atoms with van der Waals surface area (Å²) in [6, 6.07) is -1.59. The number of carbonyl (C=O) groups excluding carboxylic acids is 2. The summed E-state index contributed by atoms with van der Waals surface area (Å²) in [5.41, 5.74) is -0.701. The van der Waals surface area contributed by atoms with Crippen LogP contribution in [0.15, 0.2) is 0 Å². The Morgan fingerprint density at radius 3 is 2.50 bits per heavy atom. The quantitative estimate of drug-likeness (QED) is 0.720. The fourth-order valence-electron chi connectivity index (χ4n) is 2.84. The average Bonchev–Trinajstić information content (AvgIpc) is 2.88. The van der Waals surface area contributed by atoms with E-state index in [0.29, 0.717) is 13.1 Å². The van der Waals surface area contributed by atoms with Crippen LogP contribution < -0.4 is 5.32 Å². The van der Waals surface area contributed by atoms with Crippen molar-refractivity contribution in [3.05, 3.63) is 0 Å². The summed E-state index contributed by atoms with van der Waals surface area (Å²) in [5, 5.41) is 3.04. The first kappa shape index (κ1) is 15.0. The van der Waals surface area contributed by atoms with E-state index in [2.05, 4.69) is 10.1 Å². The summed E-state index contributed by atoms with van der Waals surface area (Å²) in [5.74, 6) is -1.13. The molecule has 1 N–H and O–H groups in total. The van der Waals surface area contributed by atoms with Gasteiger partial charge in [0.05, 0.1) is 13.2 Å². The van der Waals surface area contributed by atoms with Crippen molar-refractivity contribution in [3.63, 3.8) is 0 Å². The third-order valence-corrected chi connectivity index (χ3v) is 3.64. The highest BCUT2D eigenvalue weighted by atomic mass is 19.1. The first-order chi connectivity index (χ1) is 9.26. The molecule has 114 valence electrons. The van der Waals surface area contributed by atoms with Crippen molar-refractivity contribution in [2.75, 3.05) is 20.2 Å². The number of ether oxygens (including phenoxy) is 2. The predicted octanol–water partition coefficient (Wildman–Crippen LogP) is 0.705. The van der Waals surface area contributed by atoms with Gasteiger partial charge in [0.1, 0.15) is 11.8 Å². The van der Waals surface area contributed by atoms with Crippen molar-refractivity contribution in [1.29, 1.82) is 0 Å². The smallest absolute Gasteiger partial charge is 0.411 e. The molecule has 0 saturated carbocycles. The van der Waals surface area contributed by atoms with E-state index in [4.69, 9.17) is 4.74 Å². The molecule has 4 atom stereocenters. The molecule has 1 amide bonds. The number of amides is 1. The van der Waals surface area contributed by atoms with Gasteiger partial charge in [-0.3, -0.25) is 4.90 Å². The molecule has 20 heavy (non-hydrogen) atoms. The van der Waals surface area contributed by atoms with E-state index in [1.807, 2.05) is 0 Å².